The standard InChI is InChI=1S/C45H56N10O4/c1-29-38-28-47-45(50-42(38)55(35-5-3-4-6-35)44(59)41(29)30(2)56)48-39-13-11-36(27-46-39)54-25-23-53(24-26-54)34-17-21-52(22-18-34)33-15-19-51(20-16-33)32-9-7-31(8-10-32)37-12-14-40(57)49-43(37)58/h7-11,13,27-28,33-35,37H,3-6,12,14-26H2,1-2H3,(H,49,57,58)(H,46,47,48,50). The smallest absolute Gasteiger partial charge is 0.263 e. The van der Waals surface area contributed by atoms with E-state index in [2.05, 4.69) is 65.5 Å². The molecular formula is C45H56N10O4. The molecule has 2 amide bonds. The van der Waals surface area contributed by atoms with Gasteiger partial charge in [0.1, 0.15) is 11.5 Å². The number of piperazine rings is 1. The first kappa shape index (κ1) is 39.3. The number of anilines is 4. The fourth-order valence-corrected chi connectivity index (χ4v) is 10.5. The number of aryl methyl sites for hydroxylation is 1. The summed E-state index contributed by atoms with van der Waals surface area (Å²) >= 11 is 0. The summed E-state index contributed by atoms with van der Waals surface area (Å²) in [4.78, 5) is 74.4. The van der Waals surface area contributed by atoms with Crippen LogP contribution in [-0.2, 0) is 9.59 Å². The number of hydrogen-bond donors (Lipinski definition) is 2. The summed E-state index contributed by atoms with van der Waals surface area (Å²) in [5.41, 5.74) is 4.48. The van der Waals surface area contributed by atoms with Crippen LogP contribution in [0.15, 0.2) is 53.6 Å². The molecule has 0 bridgehead atoms. The maximum atomic E-state index is 13.6. The molecule has 1 aliphatic carbocycles. The molecule has 310 valence electrons. The highest BCUT2D eigenvalue weighted by Gasteiger charge is 2.33. The predicted octanol–water partition coefficient (Wildman–Crippen LogP) is 5.33. The molecule has 0 spiro atoms. The second kappa shape index (κ2) is 16.8. The number of ketones is 1. The Hall–Kier alpha value is -5.21. The van der Waals surface area contributed by atoms with Crippen molar-refractivity contribution in [3.05, 3.63) is 75.8 Å². The zero-order chi connectivity index (χ0) is 40.6. The topological polar surface area (TPSA) is 149 Å². The van der Waals surface area contributed by atoms with E-state index in [1.54, 1.807) is 10.8 Å². The summed E-state index contributed by atoms with van der Waals surface area (Å²) in [5, 5.41) is 6.46. The van der Waals surface area contributed by atoms with Gasteiger partial charge in [0.05, 0.1) is 23.4 Å². The molecule has 7 heterocycles. The van der Waals surface area contributed by atoms with Crippen LogP contribution in [0.2, 0.25) is 0 Å². The average Bonchev–Trinajstić information content (AvgIpc) is 3.79. The number of piperidine rings is 3. The Labute approximate surface area is 345 Å². The van der Waals surface area contributed by atoms with Crippen LogP contribution in [0.3, 0.4) is 0 Å². The van der Waals surface area contributed by atoms with Gasteiger partial charge in [-0.25, -0.2) is 9.97 Å². The van der Waals surface area contributed by atoms with E-state index >= 15 is 0 Å². The van der Waals surface area contributed by atoms with Gasteiger partial charge in [0.25, 0.3) is 5.56 Å². The molecule has 59 heavy (non-hydrogen) atoms. The van der Waals surface area contributed by atoms with Crippen molar-refractivity contribution in [2.45, 2.75) is 102 Å². The van der Waals surface area contributed by atoms with Crippen molar-refractivity contribution < 1.29 is 14.4 Å². The Morgan fingerprint density at radius 3 is 2.00 bits per heavy atom. The highest BCUT2D eigenvalue weighted by atomic mass is 16.2. The first-order valence-corrected chi connectivity index (χ1v) is 21.8. The number of nitrogens with zero attached hydrogens (tertiary/aromatic N) is 8. The Morgan fingerprint density at radius 2 is 1.36 bits per heavy atom. The van der Waals surface area contributed by atoms with Crippen LogP contribution in [0.1, 0.15) is 105 Å². The molecule has 3 aromatic heterocycles. The van der Waals surface area contributed by atoms with Crippen molar-refractivity contribution in [1.29, 1.82) is 0 Å². The first-order chi connectivity index (χ1) is 28.7. The number of Topliss-reactive ketones (excluding diaryl/α,β-unsaturated/α-hetero) is 1. The second-order valence-electron chi connectivity index (χ2n) is 17.2. The lowest BCUT2D eigenvalue weighted by Crippen LogP contribution is -2.55. The van der Waals surface area contributed by atoms with Crippen molar-refractivity contribution in [2.24, 2.45) is 0 Å². The van der Waals surface area contributed by atoms with Gasteiger partial charge in [0.15, 0.2) is 5.78 Å². The highest BCUT2D eigenvalue weighted by molar-refractivity contribution is 6.01. The molecule has 4 aliphatic heterocycles. The molecule has 0 radical (unpaired) electrons. The number of nitrogens with one attached hydrogen (secondary N) is 2. The molecule has 5 fully saturated rings. The van der Waals surface area contributed by atoms with Crippen LogP contribution < -0.4 is 26.0 Å². The molecule has 9 rings (SSSR count). The maximum absolute atomic E-state index is 13.6. The molecule has 1 unspecified atom stereocenters. The molecule has 14 heteroatoms. The van der Waals surface area contributed by atoms with E-state index in [-0.39, 0.29) is 40.7 Å². The largest absolute Gasteiger partial charge is 0.371 e. The molecule has 1 aromatic carbocycles. The van der Waals surface area contributed by atoms with E-state index in [0.29, 0.717) is 47.9 Å². The number of likely N-dealkylation sites (tertiary alicyclic amines) is 1. The Kier molecular flexibility index (Phi) is 11.2. The van der Waals surface area contributed by atoms with Gasteiger partial charge in [-0.1, -0.05) is 25.0 Å². The zero-order valence-electron chi connectivity index (χ0n) is 34.4. The first-order valence-electron chi connectivity index (χ1n) is 21.8. The van der Waals surface area contributed by atoms with Gasteiger partial charge in [-0.15, -0.1) is 0 Å². The number of carbonyl (C=O) groups excluding carboxylic acids is 3. The molecule has 4 saturated heterocycles. The number of aromatic nitrogens is 4. The molecule has 2 N–H and O–H groups in total. The number of benzene rings is 1. The number of amides is 2. The van der Waals surface area contributed by atoms with E-state index in [9.17, 15) is 19.2 Å². The van der Waals surface area contributed by atoms with Crippen LogP contribution in [-0.4, -0.2) is 111 Å². The van der Waals surface area contributed by atoms with Crippen LogP contribution in [0, 0.1) is 6.92 Å². The molecule has 1 saturated carbocycles. The number of pyridine rings is 2. The number of imide groups is 1. The fraction of sp³-hybridized carbons (Fsp3) is 0.533. The lowest BCUT2D eigenvalue weighted by Gasteiger charge is -2.46. The van der Waals surface area contributed by atoms with E-state index in [0.717, 1.165) is 94.7 Å². The van der Waals surface area contributed by atoms with Crippen LogP contribution in [0.25, 0.3) is 11.0 Å². The average molecular weight is 801 g/mol. The number of rotatable bonds is 9. The van der Waals surface area contributed by atoms with Crippen molar-refractivity contribution >= 4 is 51.8 Å². The second-order valence-corrected chi connectivity index (χ2v) is 17.2. The minimum atomic E-state index is -0.255. The Morgan fingerprint density at radius 1 is 0.712 bits per heavy atom. The summed E-state index contributed by atoms with van der Waals surface area (Å²) in [6, 6.07) is 13.8. The number of carbonyl (C=O) groups is 3. The summed E-state index contributed by atoms with van der Waals surface area (Å²) in [6.45, 7) is 11.7. The van der Waals surface area contributed by atoms with E-state index in [1.165, 1.54) is 38.3 Å². The third-order valence-corrected chi connectivity index (χ3v) is 13.8. The lowest BCUT2D eigenvalue weighted by atomic mass is 9.90. The quantitative estimate of drug-likeness (QED) is 0.167. The van der Waals surface area contributed by atoms with Gasteiger partial charge >= 0.3 is 0 Å². The van der Waals surface area contributed by atoms with E-state index in [1.807, 2.05) is 19.2 Å². The van der Waals surface area contributed by atoms with Gasteiger partial charge in [-0.3, -0.25) is 34.0 Å². The van der Waals surface area contributed by atoms with Gasteiger partial charge in [0.2, 0.25) is 17.8 Å². The Bertz CT molecular complexity index is 2250. The maximum Gasteiger partial charge on any atom is 0.263 e. The normalized spacial score (nSPS) is 22.0. The van der Waals surface area contributed by atoms with Gasteiger partial charge in [-0.05, 0) is 107 Å². The fourth-order valence-electron chi connectivity index (χ4n) is 10.5. The Balaban J connectivity index is 0.742. The molecule has 4 aromatic rings. The highest BCUT2D eigenvalue weighted by Crippen LogP contribution is 2.33. The van der Waals surface area contributed by atoms with Crippen molar-refractivity contribution in [1.82, 2.24) is 34.6 Å². The summed E-state index contributed by atoms with van der Waals surface area (Å²) in [7, 11) is 0. The van der Waals surface area contributed by atoms with Crippen molar-refractivity contribution in [3.63, 3.8) is 0 Å². The van der Waals surface area contributed by atoms with Crippen molar-refractivity contribution in [2.75, 3.05) is 67.5 Å². The van der Waals surface area contributed by atoms with Gasteiger partial charge in [0, 0.05) is 81.1 Å². The SMILES string of the molecule is CC(=O)c1c(C)c2cnc(Nc3ccc(N4CCN(C5CCN(C6CCN(c7ccc(C8CCC(=O)NC8=O)cc7)CC6)CC5)CC4)cn3)nc2n(C2CCCC2)c1=O. The predicted molar refractivity (Wildman–Crippen MR) is 229 cm³/mol. The summed E-state index contributed by atoms with van der Waals surface area (Å²) in [6.07, 6.45) is 13.3. The van der Waals surface area contributed by atoms with Gasteiger partial charge < -0.3 is 20.0 Å². The summed E-state index contributed by atoms with van der Waals surface area (Å²) in [5.74, 6) is 0.195. The van der Waals surface area contributed by atoms with Gasteiger partial charge in [-0.2, -0.15) is 4.98 Å². The third kappa shape index (κ3) is 8.08. The summed E-state index contributed by atoms with van der Waals surface area (Å²) < 4.78 is 1.74. The van der Waals surface area contributed by atoms with Crippen LogP contribution in [0.4, 0.5) is 23.1 Å². The number of fused-ring (bicyclic) bond motifs is 1. The minimum Gasteiger partial charge on any atom is -0.371 e. The van der Waals surface area contributed by atoms with Crippen LogP contribution in [0.5, 0.6) is 0 Å². The molecule has 14 nitrogen and oxygen atoms in total. The molecule has 1 atom stereocenters. The number of hydrogen-bond acceptors (Lipinski definition) is 12. The monoisotopic (exact) mass is 800 g/mol. The zero-order valence-corrected chi connectivity index (χ0v) is 34.4. The lowest BCUT2D eigenvalue weighted by molar-refractivity contribution is -0.134. The van der Waals surface area contributed by atoms with E-state index < -0.39 is 0 Å². The third-order valence-electron chi connectivity index (χ3n) is 13.8. The van der Waals surface area contributed by atoms with E-state index in [4.69, 9.17) is 9.97 Å². The molecule has 5 aliphatic rings. The molecular weight excluding hydrogens is 745 g/mol. The van der Waals surface area contributed by atoms with Crippen LogP contribution >= 0.6 is 0 Å². The minimum absolute atomic E-state index is 0.0279. The van der Waals surface area contributed by atoms with Crippen molar-refractivity contribution in [3.8, 4) is 0 Å².